The molecule has 2 heterocycles. The maximum absolute atomic E-state index is 12.9. The van der Waals surface area contributed by atoms with Crippen molar-refractivity contribution in [2.24, 2.45) is 11.7 Å². The van der Waals surface area contributed by atoms with E-state index >= 15 is 0 Å². The first kappa shape index (κ1) is 21.4. The minimum absolute atomic E-state index is 0. The molecule has 2 unspecified atom stereocenters. The van der Waals surface area contributed by atoms with Crippen LogP contribution in [-0.4, -0.2) is 60.4 Å². The minimum atomic E-state index is -3.02. The van der Waals surface area contributed by atoms with Crippen LogP contribution in [0.3, 0.4) is 0 Å². The Morgan fingerprint density at radius 3 is 2.63 bits per heavy atom. The SMILES string of the molecule is Cl.NCC1CCN(C(=O)C2CCCN2C(=O)c2ccccc2OC(F)F)C1. The molecule has 3 rings (SSSR count). The lowest BCUT2D eigenvalue weighted by atomic mass is 10.1. The second-order valence-electron chi connectivity index (χ2n) is 6.71. The highest BCUT2D eigenvalue weighted by molar-refractivity contribution is 6.00. The van der Waals surface area contributed by atoms with Crippen molar-refractivity contribution >= 4 is 24.2 Å². The van der Waals surface area contributed by atoms with Gasteiger partial charge < -0.3 is 20.3 Å². The van der Waals surface area contributed by atoms with E-state index in [1.165, 1.54) is 23.1 Å². The summed E-state index contributed by atoms with van der Waals surface area (Å²) < 4.78 is 29.7. The lowest BCUT2D eigenvalue weighted by Crippen LogP contribution is -2.47. The van der Waals surface area contributed by atoms with E-state index in [2.05, 4.69) is 4.74 Å². The number of carbonyl (C=O) groups excluding carboxylic acids is 2. The van der Waals surface area contributed by atoms with Gasteiger partial charge in [-0.2, -0.15) is 8.78 Å². The number of alkyl halides is 2. The van der Waals surface area contributed by atoms with Crippen molar-refractivity contribution in [3.8, 4) is 5.75 Å². The van der Waals surface area contributed by atoms with E-state index in [9.17, 15) is 18.4 Å². The molecule has 150 valence electrons. The molecule has 0 spiro atoms. The van der Waals surface area contributed by atoms with E-state index in [1.54, 1.807) is 11.0 Å². The highest BCUT2D eigenvalue weighted by Gasteiger charge is 2.39. The Hall–Kier alpha value is -1.93. The number of para-hydroxylation sites is 1. The molecule has 0 saturated carbocycles. The summed E-state index contributed by atoms with van der Waals surface area (Å²) in [6.45, 7) is -0.803. The van der Waals surface area contributed by atoms with Crippen LogP contribution in [0.15, 0.2) is 24.3 Å². The number of amides is 2. The van der Waals surface area contributed by atoms with E-state index in [-0.39, 0.29) is 29.6 Å². The summed E-state index contributed by atoms with van der Waals surface area (Å²) in [6, 6.07) is 5.33. The first-order chi connectivity index (χ1) is 12.5. The van der Waals surface area contributed by atoms with Crippen LogP contribution < -0.4 is 10.5 Å². The number of hydrogen-bond acceptors (Lipinski definition) is 4. The van der Waals surface area contributed by atoms with Crippen molar-refractivity contribution in [1.82, 2.24) is 9.80 Å². The lowest BCUT2D eigenvalue weighted by Gasteiger charge is -2.28. The number of rotatable bonds is 5. The van der Waals surface area contributed by atoms with E-state index < -0.39 is 18.6 Å². The number of ether oxygens (including phenoxy) is 1. The van der Waals surface area contributed by atoms with Crippen LogP contribution in [0.25, 0.3) is 0 Å². The molecule has 9 heteroatoms. The van der Waals surface area contributed by atoms with E-state index in [0.717, 1.165) is 6.42 Å². The smallest absolute Gasteiger partial charge is 0.387 e. The highest BCUT2D eigenvalue weighted by Crippen LogP contribution is 2.28. The van der Waals surface area contributed by atoms with Gasteiger partial charge in [-0.15, -0.1) is 12.4 Å². The van der Waals surface area contributed by atoms with Gasteiger partial charge in [0.25, 0.3) is 5.91 Å². The number of nitrogens with zero attached hydrogens (tertiary/aromatic N) is 2. The molecule has 1 aromatic carbocycles. The van der Waals surface area contributed by atoms with Gasteiger partial charge in [0.15, 0.2) is 0 Å². The Labute approximate surface area is 163 Å². The summed E-state index contributed by atoms with van der Waals surface area (Å²) in [4.78, 5) is 29.0. The van der Waals surface area contributed by atoms with Crippen molar-refractivity contribution in [2.45, 2.75) is 31.9 Å². The average molecular weight is 404 g/mol. The van der Waals surface area contributed by atoms with E-state index in [0.29, 0.717) is 44.9 Å². The molecule has 0 radical (unpaired) electrons. The predicted molar refractivity (Wildman–Crippen MR) is 98.1 cm³/mol. The summed E-state index contributed by atoms with van der Waals surface area (Å²) >= 11 is 0. The van der Waals surface area contributed by atoms with Gasteiger partial charge in [0, 0.05) is 19.6 Å². The van der Waals surface area contributed by atoms with E-state index in [1.807, 2.05) is 0 Å². The van der Waals surface area contributed by atoms with Crippen LogP contribution in [0.4, 0.5) is 8.78 Å². The van der Waals surface area contributed by atoms with Gasteiger partial charge in [-0.05, 0) is 43.9 Å². The zero-order valence-electron chi connectivity index (χ0n) is 14.9. The van der Waals surface area contributed by atoms with Gasteiger partial charge in [0.1, 0.15) is 11.8 Å². The van der Waals surface area contributed by atoms with Crippen molar-refractivity contribution in [3.05, 3.63) is 29.8 Å². The molecule has 2 amide bonds. The number of hydrogen-bond donors (Lipinski definition) is 1. The third-order valence-corrected chi connectivity index (χ3v) is 5.06. The minimum Gasteiger partial charge on any atom is -0.434 e. The molecule has 0 aromatic heterocycles. The highest BCUT2D eigenvalue weighted by atomic mass is 35.5. The molecule has 1 aromatic rings. The largest absolute Gasteiger partial charge is 0.434 e. The Morgan fingerprint density at radius 2 is 1.96 bits per heavy atom. The normalized spacial score (nSPS) is 22.1. The fourth-order valence-corrected chi connectivity index (χ4v) is 3.70. The molecule has 2 N–H and O–H groups in total. The van der Waals surface area contributed by atoms with Gasteiger partial charge in [-0.25, -0.2) is 0 Å². The Bertz CT molecular complexity index is 677. The molecule has 6 nitrogen and oxygen atoms in total. The topological polar surface area (TPSA) is 75.9 Å². The fourth-order valence-electron chi connectivity index (χ4n) is 3.70. The third-order valence-electron chi connectivity index (χ3n) is 5.06. The maximum atomic E-state index is 12.9. The summed E-state index contributed by atoms with van der Waals surface area (Å²) in [5.74, 6) is -0.412. The van der Waals surface area contributed by atoms with E-state index in [4.69, 9.17) is 5.73 Å². The second-order valence-corrected chi connectivity index (χ2v) is 6.71. The second kappa shape index (κ2) is 9.32. The van der Waals surface area contributed by atoms with Crippen LogP contribution in [0, 0.1) is 5.92 Å². The summed E-state index contributed by atoms with van der Waals surface area (Å²) in [5, 5.41) is 0. The van der Waals surface area contributed by atoms with Gasteiger partial charge in [-0.3, -0.25) is 9.59 Å². The van der Waals surface area contributed by atoms with Crippen molar-refractivity contribution in [1.29, 1.82) is 0 Å². The first-order valence-corrected chi connectivity index (χ1v) is 8.85. The van der Waals surface area contributed by atoms with Gasteiger partial charge in [-0.1, -0.05) is 12.1 Å². The first-order valence-electron chi connectivity index (χ1n) is 8.85. The fraction of sp³-hybridized carbons (Fsp3) is 0.556. The zero-order chi connectivity index (χ0) is 18.7. The van der Waals surface area contributed by atoms with Gasteiger partial charge in [0.05, 0.1) is 5.56 Å². The van der Waals surface area contributed by atoms with Gasteiger partial charge in [0.2, 0.25) is 5.91 Å². The average Bonchev–Trinajstić information content (AvgIpc) is 3.30. The third kappa shape index (κ3) is 4.68. The Kier molecular flexibility index (Phi) is 7.38. The Balaban J connectivity index is 0.00000261. The van der Waals surface area contributed by atoms with Gasteiger partial charge >= 0.3 is 6.61 Å². The molecule has 0 aliphatic carbocycles. The molecule has 2 aliphatic rings. The Morgan fingerprint density at radius 1 is 1.22 bits per heavy atom. The number of likely N-dealkylation sites (tertiary alicyclic amines) is 2. The standard InChI is InChI=1S/C18H23F2N3O3.ClH/c19-18(20)26-15-6-2-1-4-13(15)16(24)23-8-3-5-14(23)17(25)22-9-7-12(10-21)11-22;/h1-2,4,6,12,14,18H,3,5,7-11,21H2;1H. The maximum Gasteiger partial charge on any atom is 0.387 e. The molecular formula is C18H24ClF2N3O3. The zero-order valence-corrected chi connectivity index (χ0v) is 15.7. The molecule has 0 bridgehead atoms. The number of benzene rings is 1. The van der Waals surface area contributed by atoms with Crippen LogP contribution in [0.2, 0.25) is 0 Å². The predicted octanol–water partition coefficient (Wildman–Crippen LogP) is 2.12. The molecular weight excluding hydrogens is 380 g/mol. The molecule has 2 saturated heterocycles. The van der Waals surface area contributed by atoms with Crippen molar-refractivity contribution < 1.29 is 23.1 Å². The molecule has 27 heavy (non-hydrogen) atoms. The lowest BCUT2D eigenvalue weighted by molar-refractivity contribution is -0.134. The summed E-state index contributed by atoms with van der Waals surface area (Å²) in [6.07, 6.45) is 2.15. The van der Waals surface area contributed by atoms with Crippen LogP contribution in [0.1, 0.15) is 29.6 Å². The molecule has 2 atom stereocenters. The molecule has 2 fully saturated rings. The summed E-state index contributed by atoms with van der Waals surface area (Å²) in [7, 11) is 0. The number of halogens is 3. The summed E-state index contributed by atoms with van der Waals surface area (Å²) in [5.41, 5.74) is 5.73. The monoisotopic (exact) mass is 403 g/mol. The van der Waals surface area contributed by atoms with Crippen molar-refractivity contribution in [3.63, 3.8) is 0 Å². The van der Waals surface area contributed by atoms with Crippen LogP contribution in [0.5, 0.6) is 5.75 Å². The number of nitrogens with two attached hydrogens (primary N) is 1. The van der Waals surface area contributed by atoms with Crippen molar-refractivity contribution in [2.75, 3.05) is 26.2 Å². The number of carbonyl (C=O) groups is 2. The van der Waals surface area contributed by atoms with Crippen LogP contribution in [-0.2, 0) is 4.79 Å². The quantitative estimate of drug-likeness (QED) is 0.817. The molecule has 2 aliphatic heterocycles. The van der Waals surface area contributed by atoms with Crippen LogP contribution >= 0.6 is 12.4 Å².